The summed E-state index contributed by atoms with van der Waals surface area (Å²) in [6, 6.07) is 0. The van der Waals surface area contributed by atoms with E-state index in [2.05, 4.69) is 15.5 Å². The van der Waals surface area contributed by atoms with E-state index in [-0.39, 0.29) is 47.9 Å². The van der Waals surface area contributed by atoms with Crippen molar-refractivity contribution < 1.29 is 52.8 Å². The van der Waals surface area contributed by atoms with Gasteiger partial charge in [0.2, 0.25) is 11.6 Å². The zero-order valence-corrected chi connectivity index (χ0v) is 31.0. The third kappa shape index (κ3) is 12.5. The number of ether oxygens (including phenoxy) is 5. The van der Waals surface area contributed by atoms with Gasteiger partial charge in [-0.3, -0.25) is 24.6 Å². The zero-order valence-electron chi connectivity index (χ0n) is 31.0. The summed E-state index contributed by atoms with van der Waals surface area (Å²) < 4.78 is 27.4. The highest BCUT2D eigenvalue weighted by molar-refractivity contribution is 6.24. The molecule has 52 heavy (non-hydrogen) atoms. The van der Waals surface area contributed by atoms with Crippen LogP contribution in [0.4, 0.5) is 9.59 Å². The first kappa shape index (κ1) is 42.3. The van der Waals surface area contributed by atoms with Gasteiger partial charge >= 0.3 is 12.2 Å². The van der Waals surface area contributed by atoms with Gasteiger partial charge in [0.1, 0.15) is 6.10 Å². The summed E-state index contributed by atoms with van der Waals surface area (Å²) in [6.07, 6.45) is 3.49. The molecule has 0 saturated carbocycles. The van der Waals surface area contributed by atoms with Crippen LogP contribution in [0.25, 0.3) is 0 Å². The van der Waals surface area contributed by atoms with E-state index in [0.717, 1.165) is 32.1 Å². The Hall–Kier alpha value is -4.15. The van der Waals surface area contributed by atoms with Gasteiger partial charge in [0.15, 0.2) is 6.10 Å². The first-order chi connectivity index (χ1) is 24.7. The summed E-state index contributed by atoms with van der Waals surface area (Å²) >= 11 is 0. The number of aliphatic hydroxyl groups is 1. The number of primary amides is 1. The molecular weight excluding hydrogens is 676 g/mol. The minimum Gasteiger partial charge on any atom is -0.449 e. The number of ketones is 2. The number of carbonyl (C=O) groups excluding carboxylic acids is 5. The number of nitrogens with zero attached hydrogens (tertiary/aromatic N) is 1. The number of allylic oxidation sites excluding steroid dienone is 4. The number of hydrogen-bond acceptors (Lipinski definition) is 12. The van der Waals surface area contributed by atoms with Gasteiger partial charge in [0, 0.05) is 50.4 Å². The molecule has 2 heterocycles. The Balaban J connectivity index is 1.90. The maximum Gasteiger partial charge on any atom is 0.411 e. The van der Waals surface area contributed by atoms with Crippen molar-refractivity contribution in [3.05, 3.63) is 58.5 Å². The molecule has 3 rings (SSSR count). The largest absolute Gasteiger partial charge is 0.449 e. The number of morpholine rings is 1. The van der Waals surface area contributed by atoms with E-state index < -0.39 is 60.0 Å². The van der Waals surface area contributed by atoms with Crippen molar-refractivity contribution in [2.45, 2.75) is 77.8 Å². The molecule has 2 aliphatic heterocycles. The zero-order chi connectivity index (χ0) is 38.4. The summed E-state index contributed by atoms with van der Waals surface area (Å²) in [5.41, 5.74) is 5.60. The highest BCUT2D eigenvalue weighted by Gasteiger charge is 2.34. The van der Waals surface area contributed by atoms with Crippen LogP contribution in [0.5, 0.6) is 0 Å². The lowest BCUT2D eigenvalue weighted by Crippen LogP contribution is -2.39. The van der Waals surface area contributed by atoms with Crippen molar-refractivity contribution >= 4 is 29.7 Å². The lowest BCUT2D eigenvalue weighted by molar-refractivity contribution is -0.120. The number of aliphatic hydroxyl groups excluding tert-OH is 1. The molecular formula is C37H54N4O11. The molecule has 1 aliphatic carbocycles. The summed E-state index contributed by atoms with van der Waals surface area (Å²) in [4.78, 5) is 67.4. The minimum absolute atomic E-state index is 0.00434. The first-order valence-corrected chi connectivity index (χ1v) is 17.6. The van der Waals surface area contributed by atoms with Crippen molar-refractivity contribution in [2.24, 2.45) is 17.6 Å². The molecule has 0 aromatic rings. The van der Waals surface area contributed by atoms with Crippen molar-refractivity contribution in [2.75, 3.05) is 53.7 Å². The molecule has 0 radical (unpaired) electrons. The van der Waals surface area contributed by atoms with E-state index in [9.17, 15) is 29.1 Å². The number of carbonyl (C=O) groups is 5. The monoisotopic (exact) mass is 730 g/mol. The van der Waals surface area contributed by atoms with Crippen LogP contribution in [-0.4, -0.2) is 118 Å². The number of amides is 3. The van der Waals surface area contributed by atoms with E-state index in [0.29, 0.717) is 25.2 Å². The highest BCUT2D eigenvalue weighted by atomic mass is 16.6. The number of rotatable bonds is 9. The van der Waals surface area contributed by atoms with Crippen LogP contribution in [0.2, 0.25) is 0 Å². The van der Waals surface area contributed by atoms with Gasteiger partial charge in [-0.05, 0) is 57.6 Å². The van der Waals surface area contributed by atoms with Crippen molar-refractivity contribution in [3.63, 3.8) is 0 Å². The van der Waals surface area contributed by atoms with Gasteiger partial charge in [-0.25, -0.2) is 9.59 Å². The van der Waals surface area contributed by atoms with E-state index in [1.807, 2.05) is 6.92 Å². The second-order valence-corrected chi connectivity index (χ2v) is 13.4. The van der Waals surface area contributed by atoms with E-state index >= 15 is 0 Å². The van der Waals surface area contributed by atoms with E-state index in [1.165, 1.54) is 33.3 Å². The van der Waals surface area contributed by atoms with Crippen LogP contribution >= 0.6 is 0 Å². The van der Waals surface area contributed by atoms with Gasteiger partial charge < -0.3 is 39.8 Å². The molecule has 6 atom stereocenters. The molecule has 0 spiro atoms. The summed E-state index contributed by atoms with van der Waals surface area (Å²) in [6.45, 7) is 10.9. The quantitative estimate of drug-likeness (QED) is 0.154. The second kappa shape index (κ2) is 20.8. The topological polar surface area (TPSA) is 205 Å². The second-order valence-electron chi connectivity index (χ2n) is 13.4. The van der Waals surface area contributed by atoms with Gasteiger partial charge in [-0.1, -0.05) is 38.2 Å². The molecule has 15 nitrogen and oxygen atoms in total. The summed E-state index contributed by atoms with van der Waals surface area (Å²) in [7, 11) is 2.87. The smallest absolute Gasteiger partial charge is 0.411 e. The number of fused-ring (bicyclic) bond motifs is 2. The molecule has 3 amide bonds. The molecule has 3 aliphatic rings. The maximum atomic E-state index is 13.9. The van der Waals surface area contributed by atoms with Crippen LogP contribution in [0.1, 0.15) is 53.4 Å². The molecule has 15 heteroatoms. The van der Waals surface area contributed by atoms with Crippen LogP contribution in [-0.2, 0) is 38.1 Å². The minimum atomic E-state index is -1.04. The number of alkyl carbamates (subject to hydrolysis) is 1. The number of nitrogens with two attached hydrogens (primary N) is 1. The molecule has 2 bridgehead atoms. The fourth-order valence-electron chi connectivity index (χ4n) is 6.29. The Bertz CT molecular complexity index is 1460. The molecule has 1 saturated heterocycles. The van der Waals surface area contributed by atoms with E-state index in [4.69, 9.17) is 29.4 Å². The third-order valence-corrected chi connectivity index (χ3v) is 9.23. The first-order valence-electron chi connectivity index (χ1n) is 17.6. The molecule has 0 aromatic heterocycles. The van der Waals surface area contributed by atoms with Crippen LogP contribution in [0.3, 0.4) is 0 Å². The number of nitrogens with one attached hydrogen (secondary N) is 2. The van der Waals surface area contributed by atoms with Crippen LogP contribution in [0.15, 0.2) is 58.5 Å². The molecule has 0 unspecified atom stereocenters. The molecule has 1 fully saturated rings. The standard InChI is InChI=1S/C37H54N4O11/c1-22-18-26-31(40-37(47)51-15-8-7-12-41-13-16-50-17-14-41)28(42)21-27(33(26)44)39-35(45)23(2)10-9-11-29(48-5)34(52-36(38)46)25(4)20-24(3)32(43)30(19-22)49-6/h9-11,20-22,24,29-30,32,34,43H,7-8,12-19H2,1-6H3,(H2,38,46)(H,39,45)(H,40,47)/b11-9-,23-10+,25-20+/t22-,24+,29+,30+,32-,34+/m1/s1. The molecule has 0 aromatic carbocycles. The fourth-order valence-corrected chi connectivity index (χ4v) is 6.29. The Labute approximate surface area is 305 Å². The number of unbranched alkanes of at least 4 members (excludes halogenated alkanes) is 1. The van der Waals surface area contributed by atoms with Gasteiger partial charge in [-0.15, -0.1) is 0 Å². The average Bonchev–Trinajstić information content (AvgIpc) is 3.11. The maximum absolute atomic E-state index is 13.9. The lowest BCUT2D eigenvalue weighted by atomic mass is 9.85. The number of methoxy groups -OCH3 is 2. The summed E-state index contributed by atoms with van der Waals surface area (Å²) in [5, 5.41) is 16.4. The Morgan fingerprint density at radius 1 is 1.10 bits per heavy atom. The van der Waals surface area contributed by atoms with Crippen LogP contribution in [0, 0.1) is 11.8 Å². The van der Waals surface area contributed by atoms with Crippen molar-refractivity contribution in [1.82, 2.24) is 15.5 Å². The molecule has 5 N–H and O–H groups in total. The molecule has 288 valence electrons. The average molecular weight is 731 g/mol. The Morgan fingerprint density at radius 3 is 2.46 bits per heavy atom. The van der Waals surface area contributed by atoms with Crippen molar-refractivity contribution in [3.8, 4) is 0 Å². The lowest BCUT2D eigenvalue weighted by Gasteiger charge is -2.30. The normalized spacial score (nSPS) is 29.9. The highest BCUT2D eigenvalue weighted by Crippen LogP contribution is 2.29. The fraction of sp³-hybridized carbons (Fsp3) is 0.595. The number of Topliss-reactive ketones (excluding diaryl/α,β-unsaturated/α-hetero) is 1. The Kier molecular flexibility index (Phi) is 16.9. The van der Waals surface area contributed by atoms with Gasteiger partial charge in [0.25, 0.3) is 5.91 Å². The van der Waals surface area contributed by atoms with E-state index in [1.54, 1.807) is 26.0 Å². The van der Waals surface area contributed by atoms with Crippen molar-refractivity contribution in [1.29, 1.82) is 0 Å². The Morgan fingerprint density at radius 2 is 1.81 bits per heavy atom. The van der Waals surface area contributed by atoms with Gasteiger partial charge in [-0.2, -0.15) is 0 Å². The summed E-state index contributed by atoms with van der Waals surface area (Å²) in [5.74, 6) is -2.84. The predicted octanol–water partition coefficient (Wildman–Crippen LogP) is 2.60. The van der Waals surface area contributed by atoms with Gasteiger partial charge in [0.05, 0.1) is 43.4 Å². The predicted molar refractivity (Wildman–Crippen MR) is 191 cm³/mol. The number of hydrogen-bond donors (Lipinski definition) is 4. The third-order valence-electron chi connectivity index (χ3n) is 9.23. The SMILES string of the molecule is CO[C@H]1/C=C\C=C(/C)C(=O)NC2=CC(=O)C(NC(=O)OCCCCN3CCOCC3)=C(C[C@@H](C)C[C@H](OC)[C@H](O)[C@@H](C)/C=C(\C)[C@@H]1OC(N)=O)C2=O. The van der Waals surface area contributed by atoms with Crippen LogP contribution < -0.4 is 16.4 Å².